The number of nitrogens with zero attached hydrogens (tertiary/aromatic N) is 1. The first-order valence-electron chi connectivity index (χ1n) is 8.35. The monoisotopic (exact) mass is 331 g/mol. The quantitative estimate of drug-likeness (QED) is 0.874. The molecule has 124 valence electrons. The van der Waals surface area contributed by atoms with Gasteiger partial charge in [-0.3, -0.25) is 4.90 Å². The van der Waals surface area contributed by atoms with Crippen LogP contribution in [0.4, 0.5) is 0 Å². The molecular weight excluding hydrogens is 306 g/mol. The van der Waals surface area contributed by atoms with Crippen molar-refractivity contribution in [1.29, 1.82) is 0 Å². The molecule has 0 radical (unpaired) electrons. The van der Waals surface area contributed by atoms with Gasteiger partial charge in [-0.05, 0) is 54.5 Å². The third-order valence-electron chi connectivity index (χ3n) is 4.47. The van der Waals surface area contributed by atoms with Gasteiger partial charge in [0.15, 0.2) is 0 Å². The molecule has 3 rings (SSSR count). The number of aryl methyl sites for hydroxylation is 1. The minimum atomic E-state index is -0.468. The fourth-order valence-corrected chi connectivity index (χ4v) is 4.29. The lowest BCUT2D eigenvalue weighted by Crippen LogP contribution is -2.41. The van der Waals surface area contributed by atoms with Gasteiger partial charge in [0, 0.05) is 24.0 Å². The van der Waals surface area contributed by atoms with Crippen LogP contribution in [0.25, 0.3) is 0 Å². The maximum Gasteiger partial charge on any atom is 0.119 e. The van der Waals surface area contributed by atoms with Gasteiger partial charge in [0.2, 0.25) is 0 Å². The third kappa shape index (κ3) is 3.94. The van der Waals surface area contributed by atoms with Crippen molar-refractivity contribution >= 4 is 11.3 Å². The Morgan fingerprint density at radius 2 is 2.26 bits per heavy atom. The predicted molar refractivity (Wildman–Crippen MR) is 95.3 cm³/mol. The lowest BCUT2D eigenvalue weighted by molar-refractivity contribution is 0.0479. The van der Waals surface area contributed by atoms with Crippen molar-refractivity contribution in [3.63, 3.8) is 0 Å². The largest absolute Gasteiger partial charge is 0.491 e. The second-order valence-corrected chi connectivity index (χ2v) is 7.25. The molecule has 0 spiro atoms. The molecule has 0 aliphatic carbocycles. The summed E-state index contributed by atoms with van der Waals surface area (Å²) in [5, 5.41) is 12.6. The first-order chi connectivity index (χ1) is 11.2. The molecule has 1 N–H and O–H groups in total. The fraction of sp³-hybridized carbons (Fsp3) is 0.474. The summed E-state index contributed by atoms with van der Waals surface area (Å²) in [6.45, 7) is 6.29. The normalized spacial score (nSPS) is 19.3. The fourth-order valence-electron chi connectivity index (χ4n) is 3.37. The highest BCUT2D eigenvalue weighted by molar-refractivity contribution is 7.10. The number of aliphatic hydroxyl groups is 1. The van der Waals surface area contributed by atoms with Crippen molar-refractivity contribution < 1.29 is 9.84 Å². The molecule has 23 heavy (non-hydrogen) atoms. The first-order valence-corrected chi connectivity index (χ1v) is 9.23. The number of benzene rings is 1. The minimum Gasteiger partial charge on any atom is -0.491 e. The molecule has 0 amide bonds. The number of aliphatic hydroxyl groups excluding tert-OH is 1. The lowest BCUT2D eigenvalue weighted by Gasteiger charge is -2.36. The van der Waals surface area contributed by atoms with Gasteiger partial charge in [-0.2, -0.15) is 0 Å². The van der Waals surface area contributed by atoms with Gasteiger partial charge in [-0.15, -0.1) is 11.3 Å². The predicted octanol–water partition coefficient (Wildman–Crippen LogP) is 3.81. The standard InChI is InChI=1S/C19H25NO2S/c1-3-18-17-8-10-23-19(17)7-9-20(18)12-15(21)13-22-16-6-4-5-14(2)11-16/h4-6,8,10-11,15,18,21H,3,7,9,12-13H2,1-2H3. The molecule has 1 aliphatic rings. The summed E-state index contributed by atoms with van der Waals surface area (Å²) in [5.74, 6) is 0.829. The maximum absolute atomic E-state index is 10.4. The number of β-amino-alcohol motifs (C(OH)–C–C–N with tert-alkyl or cyclic N) is 1. The Bertz CT molecular complexity index is 640. The Hall–Kier alpha value is -1.36. The van der Waals surface area contributed by atoms with Crippen LogP contribution in [-0.2, 0) is 6.42 Å². The molecule has 2 aromatic rings. The van der Waals surface area contributed by atoms with Crippen molar-refractivity contribution in [2.45, 2.75) is 38.8 Å². The Morgan fingerprint density at radius 1 is 1.39 bits per heavy atom. The Labute approximate surface area is 142 Å². The highest BCUT2D eigenvalue weighted by atomic mass is 32.1. The smallest absolute Gasteiger partial charge is 0.119 e. The summed E-state index contributed by atoms with van der Waals surface area (Å²) in [6, 6.07) is 10.6. The zero-order valence-electron chi connectivity index (χ0n) is 13.9. The molecule has 0 saturated carbocycles. The van der Waals surface area contributed by atoms with E-state index in [9.17, 15) is 5.11 Å². The van der Waals surface area contributed by atoms with Crippen LogP contribution in [0.15, 0.2) is 35.7 Å². The van der Waals surface area contributed by atoms with E-state index in [1.54, 1.807) is 0 Å². The zero-order chi connectivity index (χ0) is 16.2. The van der Waals surface area contributed by atoms with Gasteiger partial charge in [0.05, 0.1) is 0 Å². The number of fused-ring (bicyclic) bond motifs is 1. The Morgan fingerprint density at radius 3 is 3.04 bits per heavy atom. The van der Waals surface area contributed by atoms with E-state index in [2.05, 4.69) is 23.3 Å². The number of rotatable bonds is 6. The molecular formula is C19H25NO2S. The molecule has 1 aromatic carbocycles. The minimum absolute atomic E-state index is 0.340. The van der Waals surface area contributed by atoms with Gasteiger partial charge in [0.25, 0.3) is 0 Å². The van der Waals surface area contributed by atoms with Crippen LogP contribution in [0.5, 0.6) is 5.75 Å². The van der Waals surface area contributed by atoms with Crippen molar-refractivity contribution in [1.82, 2.24) is 4.90 Å². The second kappa shape index (κ2) is 7.47. The first kappa shape index (κ1) is 16.5. The van der Waals surface area contributed by atoms with E-state index in [4.69, 9.17) is 4.74 Å². The van der Waals surface area contributed by atoms with Crippen LogP contribution in [-0.4, -0.2) is 35.8 Å². The van der Waals surface area contributed by atoms with E-state index in [1.807, 2.05) is 42.5 Å². The van der Waals surface area contributed by atoms with Gasteiger partial charge in [0.1, 0.15) is 18.5 Å². The summed E-state index contributed by atoms with van der Waals surface area (Å²) in [6.07, 6.45) is 1.70. The van der Waals surface area contributed by atoms with Crippen LogP contribution >= 0.6 is 11.3 Å². The topological polar surface area (TPSA) is 32.7 Å². The Kier molecular flexibility index (Phi) is 5.36. The van der Waals surface area contributed by atoms with Crippen molar-refractivity contribution in [2.24, 2.45) is 0 Å². The highest BCUT2D eigenvalue weighted by Gasteiger charge is 2.28. The summed E-state index contributed by atoms with van der Waals surface area (Å²) in [7, 11) is 0. The van der Waals surface area contributed by atoms with E-state index in [-0.39, 0.29) is 0 Å². The van der Waals surface area contributed by atoms with E-state index in [0.29, 0.717) is 19.2 Å². The molecule has 4 heteroatoms. The molecule has 1 aromatic heterocycles. The van der Waals surface area contributed by atoms with Gasteiger partial charge in [-0.25, -0.2) is 0 Å². The van der Waals surface area contributed by atoms with E-state index in [0.717, 1.165) is 25.1 Å². The van der Waals surface area contributed by atoms with E-state index in [1.165, 1.54) is 16.0 Å². The summed E-state index contributed by atoms with van der Waals surface area (Å²) in [4.78, 5) is 3.91. The van der Waals surface area contributed by atoms with Crippen molar-refractivity contribution in [3.8, 4) is 5.75 Å². The number of ether oxygens (including phenoxy) is 1. The average Bonchev–Trinajstić information content (AvgIpc) is 3.01. The molecule has 0 bridgehead atoms. The number of hydrogen-bond donors (Lipinski definition) is 1. The SMILES string of the molecule is CCC1c2ccsc2CCN1CC(O)COc1cccc(C)c1. The summed E-state index contributed by atoms with van der Waals surface area (Å²) in [5.41, 5.74) is 2.62. The highest BCUT2D eigenvalue weighted by Crippen LogP contribution is 2.35. The van der Waals surface area contributed by atoms with Crippen LogP contribution < -0.4 is 4.74 Å². The maximum atomic E-state index is 10.4. The van der Waals surface area contributed by atoms with Crippen molar-refractivity contribution in [3.05, 3.63) is 51.7 Å². The van der Waals surface area contributed by atoms with Crippen molar-refractivity contribution in [2.75, 3.05) is 19.7 Å². The average molecular weight is 331 g/mol. The molecule has 2 unspecified atom stereocenters. The van der Waals surface area contributed by atoms with Crippen LogP contribution in [0.1, 0.15) is 35.4 Å². The van der Waals surface area contributed by atoms with E-state index >= 15 is 0 Å². The summed E-state index contributed by atoms with van der Waals surface area (Å²) < 4.78 is 5.74. The van der Waals surface area contributed by atoms with Crippen LogP contribution in [0, 0.1) is 6.92 Å². The van der Waals surface area contributed by atoms with Crippen LogP contribution in [0.2, 0.25) is 0 Å². The number of thiophene rings is 1. The molecule has 2 atom stereocenters. The third-order valence-corrected chi connectivity index (χ3v) is 5.47. The summed E-state index contributed by atoms with van der Waals surface area (Å²) >= 11 is 1.86. The Balaban J connectivity index is 1.56. The molecule has 0 saturated heterocycles. The molecule has 1 aliphatic heterocycles. The van der Waals surface area contributed by atoms with Crippen LogP contribution in [0.3, 0.4) is 0 Å². The molecule has 3 nitrogen and oxygen atoms in total. The van der Waals surface area contributed by atoms with Gasteiger partial charge >= 0.3 is 0 Å². The number of hydrogen-bond acceptors (Lipinski definition) is 4. The second-order valence-electron chi connectivity index (χ2n) is 6.25. The molecule has 0 fully saturated rings. The van der Waals surface area contributed by atoms with E-state index < -0.39 is 6.10 Å². The molecule has 2 heterocycles. The zero-order valence-corrected chi connectivity index (χ0v) is 14.7. The lowest BCUT2D eigenvalue weighted by atomic mass is 9.97. The van der Waals surface area contributed by atoms with Gasteiger partial charge < -0.3 is 9.84 Å². The van der Waals surface area contributed by atoms with Gasteiger partial charge in [-0.1, -0.05) is 19.1 Å².